The highest BCUT2D eigenvalue weighted by Gasteiger charge is 2.31. The third-order valence-corrected chi connectivity index (χ3v) is 6.18. The van der Waals surface area contributed by atoms with Gasteiger partial charge in [-0.3, -0.25) is 0 Å². The van der Waals surface area contributed by atoms with Crippen LogP contribution in [0.4, 0.5) is 11.4 Å². The minimum absolute atomic E-state index is 0.718. The van der Waals surface area contributed by atoms with E-state index in [9.17, 15) is 0 Å². The van der Waals surface area contributed by atoms with Gasteiger partial charge in [0.05, 0.1) is 18.0 Å². The molecule has 3 nitrogen and oxygen atoms in total. The van der Waals surface area contributed by atoms with E-state index in [2.05, 4.69) is 39.4 Å². The van der Waals surface area contributed by atoms with Crippen LogP contribution in [0.15, 0.2) is 24.3 Å². The fourth-order valence-corrected chi connectivity index (χ4v) is 4.82. The van der Waals surface area contributed by atoms with Crippen LogP contribution in [0.3, 0.4) is 0 Å². The molecule has 1 saturated heterocycles. The van der Waals surface area contributed by atoms with E-state index >= 15 is 0 Å². The van der Waals surface area contributed by atoms with Crippen molar-refractivity contribution in [2.45, 2.75) is 69.9 Å². The number of hydrogen-bond acceptors (Lipinski definition) is 3. The third kappa shape index (κ3) is 3.35. The molecule has 0 atom stereocenters. The van der Waals surface area contributed by atoms with Gasteiger partial charge in [-0.15, -0.1) is 0 Å². The van der Waals surface area contributed by atoms with Gasteiger partial charge >= 0.3 is 0 Å². The highest BCUT2D eigenvalue weighted by molar-refractivity contribution is 5.74. The van der Waals surface area contributed by atoms with Gasteiger partial charge in [0.15, 0.2) is 0 Å². The van der Waals surface area contributed by atoms with Gasteiger partial charge in [-0.1, -0.05) is 44.2 Å². The molecule has 126 valence electrons. The van der Waals surface area contributed by atoms with Crippen molar-refractivity contribution in [2.75, 3.05) is 30.0 Å². The average molecular weight is 313 g/mol. The van der Waals surface area contributed by atoms with Crippen molar-refractivity contribution in [1.82, 2.24) is 4.90 Å². The first-order valence-electron chi connectivity index (χ1n) is 9.75. The summed E-state index contributed by atoms with van der Waals surface area (Å²) in [5.74, 6) is 0. The largest absolute Gasteiger partial charge is 0.366 e. The van der Waals surface area contributed by atoms with E-state index in [1.807, 2.05) is 0 Å². The van der Waals surface area contributed by atoms with Gasteiger partial charge in [0.2, 0.25) is 0 Å². The molecule has 0 amide bonds. The van der Waals surface area contributed by atoms with Crippen LogP contribution in [-0.4, -0.2) is 36.7 Å². The number of para-hydroxylation sites is 2. The average Bonchev–Trinajstić information content (AvgIpc) is 2.99. The summed E-state index contributed by atoms with van der Waals surface area (Å²) >= 11 is 0. The lowest BCUT2D eigenvalue weighted by Gasteiger charge is -2.41. The maximum Gasteiger partial charge on any atom is 0.0880 e. The van der Waals surface area contributed by atoms with Crippen LogP contribution in [0, 0.1) is 0 Å². The molecule has 23 heavy (non-hydrogen) atoms. The second-order valence-electron chi connectivity index (χ2n) is 7.59. The van der Waals surface area contributed by atoms with E-state index < -0.39 is 0 Å². The summed E-state index contributed by atoms with van der Waals surface area (Å²) < 4.78 is 0. The number of hydrogen-bond donors (Lipinski definition) is 1. The van der Waals surface area contributed by atoms with Crippen molar-refractivity contribution in [2.24, 2.45) is 0 Å². The quantitative estimate of drug-likeness (QED) is 0.870. The number of benzene rings is 1. The second kappa shape index (κ2) is 7.12. The molecule has 0 radical (unpaired) electrons. The maximum absolute atomic E-state index is 3.55. The van der Waals surface area contributed by atoms with Crippen molar-refractivity contribution in [1.29, 1.82) is 0 Å². The highest BCUT2D eigenvalue weighted by Crippen LogP contribution is 2.35. The smallest absolute Gasteiger partial charge is 0.0880 e. The summed E-state index contributed by atoms with van der Waals surface area (Å²) in [5, 5.41) is 3.55. The lowest BCUT2D eigenvalue weighted by atomic mass is 9.93. The molecular formula is C20H31N3. The van der Waals surface area contributed by atoms with E-state index in [0.29, 0.717) is 0 Å². The minimum Gasteiger partial charge on any atom is -0.366 e. The van der Waals surface area contributed by atoms with Crippen LogP contribution in [0.1, 0.15) is 57.8 Å². The van der Waals surface area contributed by atoms with Gasteiger partial charge in [-0.25, -0.2) is 0 Å². The predicted molar refractivity (Wildman–Crippen MR) is 98.1 cm³/mol. The van der Waals surface area contributed by atoms with Crippen molar-refractivity contribution < 1.29 is 0 Å². The molecule has 1 saturated carbocycles. The van der Waals surface area contributed by atoms with Gasteiger partial charge in [-0.2, -0.15) is 0 Å². The monoisotopic (exact) mass is 313 g/mol. The van der Waals surface area contributed by atoms with Crippen LogP contribution >= 0.6 is 0 Å². The molecule has 1 N–H and O–H groups in total. The van der Waals surface area contributed by atoms with Crippen molar-refractivity contribution in [3.63, 3.8) is 0 Å². The number of piperidine rings is 1. The summed E-state index contributed by atoms with van der Waals surface area (Å²) in [6, 6.07) is 10.4. The maximum atomic E-state index is 3.55. The molecule has 1 aromatic rings. The molecule has 0 aromatic heterocycles. The fraction of sp³-hybridized carbons (Fsp3) is 0.700. The van der Waals surface area contributed by atoms with Crippen LogP contribution in [0.2, 0.25) is 0 Å². The summed E-state index contributed by atoms with van der Waals surface area (Å²) in [6.45, 7) is 3.59. The lowest BCUT2D eigenvalue weighted by molar-refractivity contribution is 0.129. The van der Waals surface area contributed by atoms with E-state index in [4.69, 9.17) is 0 Å². The van der Waals surface area contributed by atoms with Gasteiger partial charge in [0, 0.05) is 25.2 Å². The van der Waals surface area contributed by atoms with E-state index in [-0.39, 0.29) is 0 Å². The molecule has 3 heteroatoms. The van der Waals surface area contributed by atoms with Crippen LogP contribution < -0.4 is 10.2 Å². The molecule has 0 unspecified atom stereocenters. The first-order valence-corrected chi connectivity index (χ1v) is 9.75. The Morgan fingerprint density at radius 3 is 2.26 bits per heavy atom. The van der Waals surface area contributed by atoms with E-state index in [1.54, 1.807) is 0 Å². The Bertz CT molecular complexity index is 499. The Kier molecular flexibility index (Phi) is 4.74. The number of likely N-dealkylation sites (tertiary alicyclic amines) is 1. The van der Waals surface area contributed by atoms with E-state index in [0.717, 1.165) is 18.8 Å². The zero-order chi connectivity index (χ0) is 15.5. The number of fused-ring (bicyclic) bond motifs is 1. The summed E-state index contributed by atoms with van der Waals surface area (Å²) in [6.07, 6.45) is 12.8. The molecule has 2 heterocycles. The van der Waals surface area contributed by atoms with Crippen LogP contribution in [0.25, 0.3) is 0 Å². The molecule has 4 rings (SSSR count). The van der Waals surface area contributed by atoms with Crippen molar-refractivity contribution in [3.05, 3.63) is 24.3 Å². The normalized spacial score (nSPS) is 24.8. The molecule has 3 aliphatic rings. The zero-order valence-electron chi connectivity index (χ0n) is 14.3. The van der Waals surface area contributed by atoms with Crippen LogP contribution in [-0.2, 0) is 0 Å². The predicted octanol–water partition coefficient (Wildman–Crippen LogP) is 4.45. The number of rotatable bonds is 2. The van der Waals surface area contributed by atoms with E-state index in [1.165, 1.54) is 82.3 Å². The molecule has 1 aliphatic carbocycles. The Morgan fingerprint density at radius 1 is 0.783 bits per heavy atom. The minimum atomic E-state index is 0.718. The third-order valence-electron chi connectivity index (χ3n) is 6.18. The first kappa shape index (κ1) is 15.3. The highest BCUT2D eigenvalue weighted by atomic mass is 15.3. The molecular weight excluding hydrogens is 282 g/mol. The summed E-state index contributed by atoms with van der Waals surface area (Å²) in [4.78, 5) is 5.42. The lowest BCUT2D eigenvalue weighted by Crippen LogP contribution is -2.48. The van der Waals surface area contributed by atoms with Crippen molar-refractivity contribution in [3.8, 4) is 0 Å². The number of nitrogens with zero attached hydrogens (tertiary/aromatic N) is 2. The Morgan fingerprint density at radius 2 is 1.48 bits per heavy atom. The fourth-order valence-electron chi connectivity index (χ4n) is 4.82. The first-order chi connectivity index (χ1) is 11.4. The summed E-state index contributed by atoms with van der Waals surface area (Å²) in [5.41, 5.74) is 2.73. The Balaban J connectivity index is 1.34. The van der Waals surface area contributed by atoms with Gasteiger partial charge in [0.1, 0.15) is 0 Å². The number of nitrogens with one attached hydrogen (secondary N) is 1. The SMILES string of the molecule is c1ccc2c(c1)NCN2C1CCN(C2CCCCCCC2)CC1. The second-order valence-corrected chi connectivity index (χ2v) is 7.59. The topological polar surface area (TPSA) is 18.5 Å². The van der Waals surface area contributed by atoms with Gasteiger partial charge in [-0.05, 0) is 37.8 Å². The Labute approximate surface area is 141 Å². The standard InChI is InChI=1S/C20H31N3/c1-2-4-8-17(9-5-3-1)22-14-12-18(13-15-22)23-16-21-19-10-6-7-11-20(19)23/h6-7,10-11,17-18,21H,1-5,8-9,12-16H2. The molecule has 0 spiro atoms. The van der Waals surface area contributed by atoms with Gasteiger partial charge < -0.3 is 15.1 Å². The molecule has 0 bridgehead atoms. The van der Waals surface area contributed by atoms with Crippen molar-refractivity contribution >= 4 is 11.4 Å². The Hall–Kier alpha value is -1.22. The molecule has 2 aliphatic heterocycles. The molecule has 1 aromatic carbocycles. The zero-order valence-corrected chi connectivity index (χ0v) is 14.3. The number of anilines is 2. The van der Waals surface area contributed by atoms with Crippen LogP contribution in [0.5, 0.6) is 0 Å². The molecule has 2 fully saturated rings. The van der Waals surface area contributed by atoms with Gasteiger partial charge in [0.25, 0.3) is 0 Å². The summed E-state index contributed by atoms with van der Waals surface area (Å²) in [7, 11) is 0.